The molecule has 0 saturated carbocycles. The first-order chi connectivity index (χ1) is 5.38. The lowest BCUT2D eigenvalue weighted by Crippen LogP contribution is -1.90. The number of hydrogen-bond donors (Lipinski definition) is 0. The summed E-state index contributed by atoms with van der Waals surface area (Å²) in [7, 11) is 1.62. The van der Waals surface area contributed by atoms with Crippen molar-refractivity contribution >= 4 is 0 Å². The number of para-hydroxylation sites is 2. The molecule has 2 nitrogen and oxygen atoms in total. The van der Waals surface area contributed by atoms with Crippen LogP contribution in [0.1, 0.15) is 6.92 Å². The minimum absolute atomic E-state index is 0.748. The molecule has 0 unspecified atom stereocenters. The van der Waals surface area contributed by atoms with Crippen LogP contribution in [0.25, 0.3) is 0 Å². The summed E-state index contributed by atoms with van der Waals surface area (Å²) in [5.41, 5.74) is 0. The topological polar surface area (TPSA) is 18.5 Å². The van der Waals surface area contributed by atoms with Gasteiger partial charge in [-0.15, -0.1) is 0 Å². The molecule has 0 aliphatic rings. The van der Waals surface area contributed by atoms with Crippen molar-refractivity contribution in [2.75, 3.05) is 7.11 Å². The lowest BCUT2D eigenvalue weighted by molar-refractivity contribution is 0.356. The fourth-order valence-corrected chi connectivity index (χ4v) is 0.843. The van der Waals surface area contributed by atoms with Gasteiger partial charge in [-0.3, -0.25) is 0 Å². The predicted octanol–water partition coefficient (Wildman–Crippen LogP) is 2.26. The molecule has 0 spiro atoms. The Morgan fingerprint density at radius 2 is 1.82 bits per heavy atom. The molecule has 1 aromatic carbocycles. The van der Waals surface area contributed by atoms with Gasteiger partial charge in [0.05, 0.1) is 7.11 Å². The summed E-state index contributed by atoms with van der Waals surface area (Å²) in [5.74, 6) is 1.50. The molecule has 0 atom stereocenters. The minimum atomic E-state index is 0.748. The number of rotatable bonds is 3. The Bertz CT molecular complexity index is 221. The van der Waals surface area contributed by atoms with Crippen molar-refractivity contribution in [1.29, 1.82) is 0 Å². The zero-order valence-electron chi connectivity index (χ0n) is 6.70. The van der Waals surface area contributed by atoms with E-state index in [4.69, 9.17) is 9.47 Å². The molecular weight excluding hydrogens is 140 g/mol. The smallest absolute Gasteiger partial charge is 0.161 e. The summed E-state index contributed by atoms with van der Waals surface area (Å²) in [6, 6.07) is 7.53. The Labute approximate surface area is 66.8 Å². The molecule has 0 fully saturated rings. The maximum Gasteiger partial charge on any atom is 0.161 e. The highest BCUT2D eigenvalue weighted by Crippen LogP contribution is 2.25. The summed E-state index contributed by atoms with van der Waals surface area (Å²) in [4.78, 5) is 0. The third-order valence-electron chi connectivity index (χ3n) is 1.31. The van der Waals surface area contributed by atoms with E-state index >= 15 is 0 Å². The summed E-state index contributed by atoms with van der Waals surface area (Å²) >= 11 is 0. The van der Waals surface area contributed by atoms with Crippen molar-refractivity contribution in [3.8, 4) is 11.5 Å². The van der Waals surface area contributed by atoms with Gasteiger partial charge in [0.2, 0.25) is 0 Å². The third kappa shape index (κ3) is 1.87. The minimum Gasteiger partial charge on any atom is -0.493 e. The standard InChI is InChI=1S/C9H11O2/c1-3-11-9-7-5-4-6-8(9)10-2/h3-7H,1-2H3. The largest absolute Gasteiger partial charge is 0.493 e. The zero-order valence-corrected chi connectivity index (χ0v) is 6.70. The predicted molar refractivity (Wildman–Crippen MR) is 43.6 cm³/mol. The molecule has 59 valence electrons. The van der Waals surface area contributed by atoms with Gasteiger partial charge in [0.15, 0.2) is 11.5 Å². The van der Waals surface area contributed by atoms with Crippen molar-refractivity contribution in [3.05, 3.63) is 30.9 Å². The molecule has 11 heavy (non-hydrogen) atoms. The van der Waals surface area contributed by atoms with Crippen molar-refractivity contribution in [1.82, 2.24) is 0 Å². The van der Waals surface area contributed by atoms with Gasteiger partial charge in [0, 0.05) is 0 Å². The van der Waals surface area contributed by atoms with Crippen LogP contribution in [0, 0.1) is 6.61 Å². The Morgan fingerprint density at radius 1 is 1.18 bits per heavy atom. The summed E-state index contributed by atoms with van der Waals surface area (Å²) < 4.78 is 10.2. The molecule has 0 N–H and O–H groups in total. The fourth-order valence-electron chi connectivity index (χ4n) is 0.843. The highest BCUT2D eigenvalue weighted by atomic mass is 16.5. The van der Waals surface area contributed by atoms with Gasteiger partial charge in [0.1, 0.15) is 6.61 Å². The average Bonchev–Trinajstić information content (AvgIpc) is 2.06. The van der Waals surface area contributed by atoms with Crippen LogP contribution < -0.4 is 9.47 Å². The first-order valence-corrected chi connectivity index (χ1v) is 3.46. The Kier molecular flexibility index (Phi) is 2.78. The van der Waals surface area contributed by atoms with E-state index in [1.165, 1.54) is 0 Å². The van der Waals surface area contributed by atoms with E-state index in [0.29, 0.717) is 0 Å². The van der Waals surface area contributed by atoms with E-state index in [-0.39, 0.29) is 0 Å². The van der Waals surface area contributed by atoms with Crippen LogP contribution in [0.5, 0.6) is 11.5 Å². The molecular formula is C9H11O2. The molecule has 0 amide bonds. The van der Waals surface area contributed by atoms with Crippen molar-refractivity contribution in [2.45, 2.75) is 6.92 Å². The molecule has 0 aliphatic carbocycles. The van der Waals surface area contributed by atoms with Gasteiger partial charge in [-0.2, -0.15) is 0 Å². The van der Waals surface area contributed by atoms with E-state index in [1.807, 2.05) is 31.2 Å². The average molecular weight is 151 g/mol. The maximum absolute atomic E-state index is 5.18. The second-order valence-corrected chi connectivity index (χ2v) is 2.00. The second-order valence-electron chi connectivity index (χ2n) is 2.00. The van der Waals surface area contributed by atoms with E-state index in [2.05, 4.69) is 0 Å². The van der Waals surface area contributed by atoms with Gasteiger partial charge >= 0.3 is 0 Å². The van der Waals surface area contributed by atoms with Gasteiger partial charge in [-0.1, -0.05) is 12.1 Å². The number of ether oxygens (including phenoxy) is 2. The molecule has 1 rings (SSSR count). The number of benzene rings is 1. The van der Waals surface area contributed by atoms with Crippen LogP contribution in [0.15, 0.2) is 24.3 Å². The van der Waals surface area contributed by atoms with Crippen molar-refractivity contribution in [3.63, 3.8) is 0 Å². The van der Waals surface area contributed by atoms with Crippen LogP contribution in [0.2, 0.25) is 0 Å². The molecule has 0 bridgehead atoms. The summed E-state index contributed by atoms with van der Waals surface area (Å²) in [6.07, 6.45) is 0. The summed E-state index contributed by atoms with van der Waals surface area (Å²) in [5, 5.41) is 0. The van der Waals surface area contributed by atoms with Gasteiger partial charge in [-0.25, -0.2) is 0 Å². The normalized spacial score (nSPS) is 9.27. The SMILES string of the molecule is C[CH]Oc1ccccc1OC. The quantitative estimate of drug-likeness (QED) is 0.659. The van der Waals surface area contributed by atoms with Crippen LogP contribution in [0.3, 0.4) is 0 Å². The Morgan fingerprint density at radius 3 is 2.36 bits per heavy atom. The molecule has 1 radical (unpaired) electrons. The van der Waals surface area contributed by atoms with Crippen LogP contribution in [-0.4, -0.2) is 7.11 Å². The van der Waals surface area contributed by atoms with Crippen LogP contribution in [0.4, 0.5) is 0 Å². The third-order valence-corrected chi connectivity index (χ3v) is 1.31. The van der Waals surface area contributed by atoms with Gasteiger partial charge < -0.3 is 9.47 Å². The summed E-state index contributed by atoms with van der Waals surface area (Å²) in [6.45, 7) is 3.45. The first kappa shape index (κ1) is 7.92. The van der Waals surface area contributed by atoms with Crippen LogP contribution in [-0.2, 0) is 0 Å². The molecule has 0 heterocycles. The Balaban J connectivity index is 2.83. The monoisotopic (exact) mass is 151 g/mol. The molecule has 0 aliphatic heterocycles. The Hall–Kier alpha value is -1.18. The van der Waals surface area contributed by atoms with Crippen molar-refractivity contribution < 1.29 is 9.47 Å². The van der Waals surface area contributed by atoms with Gasteiger partial charge in [0.25, 0.3) is 0 Å². The molecule has 1 aromatic rings. The highest BCUT2D eigenvalue weighted by molar-refractivity contribution is 5.39. The van der Waals surface area contributed by atoms with E-state index in [0.717, 1.165) is 11.5 Å². The lowest BCUT2D eigenvalue weighted by Gasteiger charge is -2.06. The maximum atomic E-state index is 5.18. The molecule has 0 saturated heterocycles. The van der Waals surface area contributed by atoms with Gasteiger partial charge in [-0.05, 0) is 19.1 Å². The van der Waals surface area contributed by atoms with Crippen LogP contribution >= 0.6 is 0 Å². The molecule has 0 aromatic heterocycles. The van der Waals surface area contributed by atoms with Crippen molar-refractivity contribution in [2.24, 2.45) is 0 Å². The highest BCUT2D eigenvalue weighted by Gasteiger charge is 1.99. The zero-order chi connectivity index (χ0) is 8.10. The second kappa shape index (κ2) is 3.86. The molecule has 2 heteroatoms. The van der Waals surface area contributed by atoms with E-state index in [1.54, 1.807) is 13.7 Å². The number of hydrogen-bond acceptors (Lipinski definition) is 2. The van der Waals surface area contributed by atoms with E-state index in [9.17, 15) is 0 Å². The lowest BCUT2D eigenvalue weighted by atomic mass is 10.3. The fraction of sp³-hybridized carbons (Fsp3) is 0.222. The number of methoxy groups -OCH3 is 1. The van der Waals surface area contributed by atoms with E-state index < -0.39 is 0 Å². The first-order valence-electron chi connectivity index (χ1n) is 3.46.